The highest BCUT2D eigenvalue weighted by atomic mass is 16.5. The van der Waals surface area contributed by atoms with Crippen LogP contribution in [0, 0.1) is 17.8 Å². The van der Waals surface area contributed by atoms with Crippen LogP contribution >= 0.6 is 0 Å². The van der Waals surface area contributed by atoms with Gasteiger partial charge in [-0.15, -0.1) is 0 Å². The molecule has 0 spiro atoms. The van der Waals surface area contributed by atoms with E-state index in [4.69, 9.17) is 9.47 Å². The molecule has 1 aliphatic rings. The molecular formula is C27H50O4. The first-order valence-electron chi connectivity index (χ1n) is 13.4. The van der Waals surface area contributed by atoms with Gasteiger partial charge in [0.05, 0.1) is 25.0 Å². The van der Waals surface area contributed by atoms with Crippen molar-refractivity contribution in [2.24, 2.45) is 17.8 Å². The van der Waals surface area contributed by atoms with Crippen LogP contribution in [0.4, 0.5) is 0 Å². The molecule has 0 radical (unpaired) electrons. The fourth-order valence-corrected chi connectivity index (χ4v) is 4.39. The molecule has 1 aliphatic carbocycles. The van der Waals surface area contributed by atoms with Crippen LogP contribution in [0.25, 0.3) is 0 Å². The average Bonchev–Trinajstić information content (AvgIpc) is 2.77. The second kappa shape index (κ2) is 18.5. The number of hydrogen-bond donors (Lipinski definition) is 0. The third kappa shape index (κ3) is 14.6. The molecule has 31 heavy (non-hydrogen) atoms. The smallest absolute Gasteiger partial charge is 0.308 e. The van der Waals surface area contributed by atoms with E-state index < -0.39 is 0 Å². The molecule has 0 aromatic heterocycles. The molecule has 4 nitrogen and oxygen atoms in total. The Morgan fingerprint density at radius 1 is 0.645 bits per heavy atom. The van der Waals surface area contributed by atoms with Gasteiger partial charge in [-0.2, -0.15) is 0 Å². The number of esters is 2. The maximum atomic E-state index is 12.3. The molecular weight excluding hydrogens is 388 g/mol. The number of carbonyl (C=O) groups excluding carboxylic acids is 2. The van der Waals surface area contributed by atoms with E-state index in [0.717, 1.165) is 57.3 Å². The highest BCUT2D eigenvalue weighted by Gasteiger charge is 2.31. The minimum absolute atomic E-state index is 0.0290. The molecule has 0 aromatic rings. The summed E-state index contributed by atoms with van der Waals surface area (Å²) >= 11 is 0. The van der Waals surface area contributed by atoms with Gasteiger partial charge in [0.25, 0.3) is 0 Å². The van der Waals surface area contributed by atoms with Gasteiger partial charge in [0, 0.05) is 0 Å². The monoisotopic (exact) mass is 438 g/mol. The number of hydrogen-bond acceptors (Lipinski definition) is 4. The first-order chi connectivity index (χ1) is 15.0. The Hall–Kier alpha value is -1.06. The van der Waals surface area contributed by atoms with Gasteiger partial charge in [-0.25, -0.2) is 0 Å². The van der Waals surface area contributed by atoms with E-state index in [-0.39, 0.29) is 23.8 Å². The number of rotatable bonds is 18. The van der Waals surface area contributed by atoms with Crippen molar-refractivity contribution in [3.8, 4) is 0 Å². The van der Waals surface area contributed by atoms with E-state index in [2.05, 4.69) is 20.8 Å². The average molecular weight is 439 g/mol. The van der Waals surface area contributed by atoms with E-state index >= 15 is 0 Å². The van der Waals surface area contributed by atoms with Crippen molar-refractivity contribution in [3.63, 3.8) is 0 Å². The van der Waals surface area contributed by atoms with Crippen molar-refractivity contribution in [1.29, 1.82) is 0 Å². The van der Waals surface area contributed by atoms with Gasteiger partial charge in [0.2, 0.25) is 0 Å². The zero-order valence-electron chi connectivity index (χ0n) is 20.8. The Bertz CT molecular complexity index is 452. The SMILES string of the molecule is CCCCCCCCCCCOC(=O)C1CCC(C(=O)OCCCCCC(C)C)CC1. The maximum Gasteiger partial charge on any atom is 0.308 e. The summed E-state index contributed by atoms with van der Waals surface area (Å²) in [6.45, 7) is 7.82. The normalized spacial score (nSPS) is 18.8. The van der Waals surface area contributed by atoms with E-state index in [1.165, 1.54) is 57.8 Å². The summed E-state index contributed by atoms with van der Waals surface area (Å²) in [7, 11) is 0. The topological polar surface area (TPSA) is 52.6 Å². The van der Waals surface area contributed by atoms with Crippen LogP contribution in [0.5, 0.6) is 0 Å². The molecule has 0 heterocycles. The summed E-state index contributed by atoms with van der Waals surface area (Å²) in [4.78, 5) is 24.5. The van der Waals surface area contributed by atoms with Crippen molar-refractivity contribution >= 4 is 11.9 Å². The summed E-state index contributed by atoms with van der Waals surface area (Å²) in [5.41, 5.74) is 0. The Kier molecular flexibility index (Phi) is 16.7. The highest BCUT2D eigenvalue weighted by molar-refractivity contribution is 5.75. The molecule has 182 valence electrons. The van der Waals surface area contributed by atoms with Crippen LogP contribution < -0.4 is 0 Å². The van der Waals surface area contributed by atoms with E-state index in [0.29, 0.717) is 13.2 Å². The fraction of sp³-hybridized carbons (Fsp3) is 0.926. The number of ether oxygens (including phenoxy) is 2. The molecule has 0 aliphatic heterocycles. The van der Waals surface area contributed by atoms with Crippen LogP contribution in [0.2, 0.25) is 0 Å². The van der Waals surface area contributed by atoms with Crippen LogP contribution in [0.1, 0.15) is 130 Å². The minimum atomic E-state index is -0.0645. The maximum absolute atomic E-state index is 12.3. The second-order valence-electron chi connectivity index (χ2n) is 9.96. The molecule has 1 saturated carbocycles. The molecule has 0 aromatic carbocycles. The van der Waals surface area contributed by atoms with Gasteiger partial charge >= 0.3 is 11.9 Å². The molecule has 0 N–H and O–H groups in total. The largest absolute Gasteiger partial charge is 0.465 e. The summed E-state index contributed by atoms with van der Waals surface area (Å²) < 4.78 is 11.0. The van der Waals surface area contributed by atoms with Gasteiger partial charge in [-0.1, -0.05) is 91.4 Å². The predicted molar refractivity (Wildman–Crippen MR) is 128 cm³/mol. The first kappa shape index (κ1) is 28.0. The molecule has 0 amide bonds. The third-order valence-electron chi connectivity index (χ3n) is 6.56. The van der Waals surface area contributed by atoms with Gasteiger partial charge in [-0.3, -0.25) is 9.59 Å². The Morgan fingerprint density at radius 3 is 1.45 bits per heavy atom. The third-order valence-corrected chi connectivity index (χ3v) is 6.56. The Morgan fingerprint density at radius 2 is 1.03 bits per heavy atom. The number of unbranched alkanes of at least 4 members (excludes halogenated alkanes) is 10. The minimum Gasteiger partial charge on any atom is -0.465 e. The lowest BCUT2D eigenvalue weighted by Gasteiger charge is -2.26. The van der Waals surface area contributed by atoms with E-state index in [1.54, 1.807) is 0 Å². The lowest BCUT2D eigenvalue weighted by Crippen LogP contribution is -2.28. The van der Waals surface area contributed by atoms with Crippen LogP contribution in [0.3, 0.4) is 0 Å². The van der Waals surface area contributed by atoms with Crippen LogP contribution in [-0.2, 0) is 19.1 Å². The van der Waals surface area contributed by atoms with Crippen molar-refractivity contribution < 1.29 is 19.1 Å². The summed E-state index contributed by atoms with van der Waals surface area (Å²) in [5, 5.41) is 0. The van der Waals surface area contributed by atoms with Gasteiger partial charge in [0.15, 0.2) is 0 Å². The van der Waals surface area contributed by atoms with E-state index in [9.17, 15) is 9.59 Å². The highest BCUT2D eigenvalue weighted by Crippen LogP contribution is 2.30. The number of carbonyl (C=O) groups is 2. The molecule has 4 heteroatoms. The Labute approximate surface area is 192 Å². The van der Waals surface area contributed by atoms with Gasteiger partial charge in [0.1, 0.15) is 0 Å². The van der Waals surface area contributed by atoms with Crippen molar-refractivity contribution in [2.75, 3.05) is 13.2 Å². The van der Waals surface area contributed by atoms with E-state index in [1.807, 2.05) is 0 Å². The summed E-state index contributed by atoms with van der Waals surface area (Å²) in [6, 6.07) is 0. The van der Waals surface area contributed by atoms with Gasteiger partial charge in [-0.05, 0) is 44.4 Å². The molecule has 0 saturated heterocycles. The Balaban J connectivity index is 1.99. The van der Waals surface area contributed by atoms with Crippen LogP contribution in [-0.4, -0.2) is 25.2 Å². The van der Waals surface area contributed by atoms with Gasteiger partial charge < -0.3 is 9.47 Å². The molecule has 0 atom stereocenters. The summed E-state index contributed by atoms with van der Waals surface area (Å²) in [5.74, 6) is 0.562. The van der Waals surface area contributed by atoms with Crippen molar-refractivity contribution in [1.82, 2.24) is 0 Å². The predicted octanol–water partition coefficient (Wildman–Crippen LogP) is 7.63. The van der Waals surface area contributed by atoms with Crippen molar-refractivity contribution in [3.05, 3.63) is 0 Å². The second-order valence-corrected chi connectivity index (χ2v) is 9.96. The molecule has 1 rings (SSSR count). The lowest BCUT2D eigenvalue weighted by molar-refractivity contribution is -0.155. The lowest BCUT2D eigenvalue weighted by atomic mass is 9.82. The molecule has 1 fully saturated rings. The quantitative estimate of drug-likeness (QED) is 0.163. The van der Waals surface area contributed by atoms with Crippen LogP contribution in [0.15, 0.2) is 0 Å². The standard InChI is InChI=1S/C27H50O4/c1-4-5-6-7-8-9-10-11-14-21-30-26(28)24-17-19-25(20-18-24)27(29)31-22-15-12-13-16-23(2)3/h23-25H,4-22H2,1-3H3. The zero-order valence-corrected chi connectivity index (χ0v) is 20.8. The fourth-order valence-electron chi connectivity index (χ4n) is 4.39. The zero-order chi connectivity index (χ0) is 22.7. The van der Waals surface area contributed by atoms with Crippen molar-refractivity contribution in [2.45, 2.75) is 130 Å². The molecule has 0 unspecified atom stereocenters. The molecule has 0 bridgehead atoms. The summed E-state index contributed by atoms with van der Waals surface area (Å²) in [6.07, 6.45) is 18.9. The first-order valence-corrected chi connectivity index (χ1v) is 13.4.